The standard InChI is InChI=1S/C20H19FN2O2/c1-11-4-2-3-5-13(11)14-9-15(14)20(25)23-18-8-12-6-7-19(24)22-17(12)10-16(18)21/h2-5,8,10,14-15H,6-7,9H2,1H3,(H,22,24)(H,23,25). The van der Waals surface area contributed by atoms with Crippen molar-refractivity contribution >= 4 is 23.2 Å². The summed E-state index contributed by atoms with van der Waals surface area (Å²) in [5, 5.41) is 5.39. The molecule has 128 valence electrons. The van der Waals surface area contributed by atoms with E-state index < -0.39 is 5.82 Å². The molecule has 25 heavy (non-hydrogen) atoms. The molecule has 0 spiro atoms. The molecule has 2 N–H and O–H groups in total. The molecule has 0 saturated heterocycles. The van der Waals surface area contributed by atoms with Crippen LogP contribution in [0.5, 0.6) is 0 Å². The summed E-state index contributed by atoms with van der Waals surface area (Å²) in [6.07, 6.45) is 1.73. The average Bonchev–Trinajstić information content (AvgIpc) is 3.37. The van der Waals surface area contributed by atoms with Gasteiger partial charge >= 0.3 is 0 Å². The summed E-state index contributed by atoms with van der Waals surface area (Å²) in [7, 11) is 0. The number of fused-ring (bicyclic) bond motifs is 1. The number of hydrogen-bond acceptors (Lipinski definition) is 2. The molecule has 1 fully saturated rings. The lowest BCUT2D eigenvalue weighted by molar-refractivity contribution is -0.117. The SMILES string of the molecule is Cc1ccccc1C1CC1C(=O)Nc1cc2c(cc1F)NC(=O)CC2. The van der Waals surface area contributed by atoms with Gasteiger partial charge in [0.05, 0.1) is 5.69 Å². The van der Waals surface area contributed by atoms with Crippen molar-refractivity contribution in [3.05, 3.63) is 58.9 Å². The predicted molar refractivity (Wildman–Crippen MR) is 94.0 cm³/mol. The highest BCUT2D eigenvalue weighted by Gasteiger charge is 2.44. The Bertz CT molecular complexity index is 878. The van der Waals surface area contributed by atoms with Gasteiger partial charge in [-0.15, -0.1) is 0 Å². The summed E-state index contributed by atoms with van der Waals surface area (Å²) in [5.74, 6) is -0.686. The molecule has 1 aliphatic heterocycles. The van der Waals surface area contributed by atoms with E-state index in [1.165, 1.54) is 17.2 Å². The van der Waals surface area contributed by atoms with Crippen molar-refractivity contribution in [3.8, 4) is 0 Å². The van der Waals surface area contributed by atoms with Crippen LogP contribution in [-0.2, 0) is 16.0 Å². The molecular weight excluding hydrogens is 319 g/mol. The minimum Gasteiger partial charge on any atom is -0.326 e. The Kier molecular flexibility index (Phi) is 3.79. The molecule has 1 heterocycles. The van der Waals surface area contributed by atoms with Crippen LogP contribution in [0.3, 0.4) is 0 Å². The van der Waals surface area contributed by atoms with Crippen molar-refractivity contribution < 1.29 is 14.0 Å². The maximum Gasteiger partial charge on any atom is 0.228 e. The fourth-order valence-electron chi connectivity index (χ4n) is 3.55. The van der Waals surface area contributed by atoms with E-state index in [4.69, 9.17) is 0 Å². The fraction of sp³-hybridized carbons (Fsp3) is 0.300. The minimum atomic E-state index is -0.526. The summed E-state index contributed by atoms with van der Waals surface area (Å²) in [6, 6.07) is 11.0. The van der Waals surface area contributed by atoms with Gasteiger partial charge in [0.2, 0.25) is 11.8 Å². The van der Waals surface area contributed by atoms with Gasteiger partial charge in [-0.25, -0.2) is 4.39 Å². The number of aryl methyl sites for hydroxylation is 2. The molecule has 4 rings (SSSR count). The van der Waals surface area contributed by atoms with E-state index >= 15 is 0 Å². The Hall–Kier alpha value is -2.69. The van der Waals surface area contributed by atoms with Gasteiger partial charge < -0.3 is 10.6 Å². The van der Waals surface area contributed by atoms with Crippen LogP contribution < -0.4 is 10.6 Å². The molecule has 4 nitrogen and oxygen atoms in total. The largest absolute Gasteiger partial charge is 0.326 e. The van der Waals surface area contributed by atoms with Crippen molar-refractivity contribution in [2.24, 2.45) is 5.92 Å². The minimum absolute atomic E-state index is 0.109. The molecule has 2 atom stereocenters. The second kappa shape index (κ2) is 5.99. The summed E-state index contributed by atoms with van der Waals surface area (Å²) in [6.45, 7) is 2.04. The number of halogens is 1. The molecule has 2 aromatic carbocycles. The van der Waals surface area contributed by atoms with E-state index in [0.29, 0.717) is 18.5 Å². The molecule has 0 aromatic heterocycles. The normalized spacial score (nSPS) is 21.3. The van der Waals surface area contributed by atoms with Crippen LogP contribution in [0.15, 0.2) is 36.4 Å². The van der Waals surface area contributed by atoms with Crippen LogP contribution in [0.4, 0.5) is 15.8 Å². The van der Waals surface area contributed by atoms with E-state index in [1.807, 2.05) is 25.1 Å². The molecule has 1 aliphatic carbocycles. The Morgan fingerprint density at radius 3 is 2.84 bits per heavy atom. The number of carbonyl (C=O) groups excluding carboxylic acids is 2. The molecule has 2 unspecified atom stereocenters. The maximum atomic E-state index is 14.3. The monoisotopic (exact) mass is 338 g/mol. The van der Waals surface area contributed by atoms with E-state index in [1.54, 1.807) is 6.07 Å². The van der Waals surface area contributed by atoms with Crippen molar-refractivity contribution in [1.82, 2.24) is 0 Å². The molecule has 0 radical (unpaired) electrons. The second-order valence-electron chi connectivity index (χ2n) is 6.83. The number of nitrogens with one attached hydrogen (secondary N) is 2. The summed E-state index contributed by atoms with van der Waals surface area (Å²) in [4.78, 5) is 23.9. The smallest absolute Gasteiger partial charge is 0.228 e. The lowest BCUT2D eigenvalue weighted by atomic mass is 10.0. The first-order valence-corrected chi connectivity index (χ1v) is 8.51. The number of rotatable bonds is 3. The topological polar surface area (TPSA) is 58.2 Å². The van der Waals surface area contributed by atoms with Crippen molar-refractivity contribution in [2.45, 2.75) is 32.1 Å². The highest BCUT2D eigenvalue weighted by molar-refractivity contribution is 5.97. The van der Waals surface area contributed by atoms with Gasteiger partial charge in [0.25, 0.3) is 0 Å². The number of anilines is 2. The van der Waals surface area contributed by atoms with Crippen LogP contribution in [0.25, 0.3) is 0 Å². The van der Waals surface area contributed by atoms with E-state index in [-0.39, 0.29) is 29.3 Å². The van der Waals surface area contributed by atoms with Crippen LogP contribution in [-0.4, -0.2) is 11.8 Å². The maximum absolute atomic E-state index is 14.3. The zero-order valence-corrected chi connectivity index (χ0v) is 13.9. The zero-order chi connectivity index (χ0) is 17.6. The van der Waals surface area contributed by atoms with E-state index in [2.05, 4.69) is 16.7 Å². The van der Waals surface area contributed by atoms with Gasteiger partial charge in [0.1, 0.15) is 5.82 Å². The third kappa shape index (κ3) is 3.02. The van der Waals surface area contributed by atoms with Gasteiger partial charge in [0, 0.05) is 18.0 Å². The highest BCUT2D eigenvalue weighted by atomic mass is 19.1. The van der Waals surface area contributed by atoms with Crippen LogP contribution in [0, 0.1) is 18.7 Å². The summed E-state index contributed by atoms with van der Waals surface area (Å²) in [5.41, 5.74) is 3.91. The highest BCUT2D eigenvalue weighted by Crippen LogP contribution is 2.49. The number of benzene rings is 2. The van der Waals surface area contributed by atoms with E-state index in [0.717, 1.165) is 12.0 Å². The Morgan fingerprint density at radius 2 is 2.04 bits per heavy atom. The van der Waals surface area contributed by atoms with Gasteiger partial charge in [-0.2, -0.15) is 0 Å². The molecule has 2 amide bonds. The lowest BCUT2D eigenvalue weighted by Crippen LogP contribution is -2.21. The van der Waals surface area contributed by atoms with Crippen LogP contribution >= 0.6 is 0 Å². The fourth-order valence-corrected chi connectivity index (χ4v) is 3.55. The molecule has 1 saturated carbocycles. The number of hydrogen-bond donors (Lipinski definition) is 2. The number of carbonyl (C=O) groups is 2. The Morgan fingerprint density at radius 1 is 1.24 bits per heavy atom. The van der Waals surface area contributed by atoms with Crippen LogP contribution in [0.1, 0.15) is 35.4 Å². The van der Waals surface area contributed by atoms with Gasteiger partial charge in [-0.3, -0.25) is 9.59 Å². The first-order valence-electron chi connectivity index (χ1n) is 8.51. The third-order valence-electron chi connectivity index (χ3n) is 5.06. The summed E-state index contributed by atoms with van der Waals surface area (Å²) < 4.78 is 14.3. The zero-order valence-electron chi connectivity index (χ0n) is 13.9. The Labute approximate surface area is 145 Å². The summed E-state index contributed by atoms with van der Waals surface area (Å²) >= 11 is 0. The van der Waals surface area contributed by atoms with E-state index in [9.17, 15) is 14.0 Å². The van der Waals surface area contributed by atoms with Crippen molar-refractivity contribution in [1.29, 1.82) is 0 Å². The van der Waals surface area contributed by atoms with Crippen LogP contribution in [0.2, 0.25) is 0 Å². The Balaban J connectivity index is 1.49. The van der Waals surface area contributed by atoms with Gasteiger partial charge in [-0.05, 0) is 54.5 Å². The first kappa shape index (κ1) is 15.8. The quantitative estimate of drug-likeness (QED) is 0.895. The molecule has 5 heteroatoms. The predicted octanol–water partition coefficient (Wildman–Crippen LogP) is 3.76. The second-order valence-corrected chi connectivity index (χ2v) is 6.83. The van der Waals surface area contributed by atoms with Crippen molar-refractivity contribution in [2.75, 3.05) is 10.6 Å². The lowest BCUT2D eigenvalue weighted by Gasteiger charge is -2.18. The van der Waals surface area contributed by atoms with Crippen molar-refractivity contribution in [3.63, 3.8) is 0 Å². The molecule has 2 aliphatic rings. The molecule has 0 bridgehead atoms. The third-order valence-corrected chi connectivity index (χ3v) is 5.06. The van der Waals surface area contributed by atoms with Gasteiger partial charge in [-0.1, -0.05) is 24.3 Å². The average molecular weight is 338 g/mol. The van der Waals surface area contributed by atoms with Gasteiger partial charge in [0.15, 0.2) is 0 Å². The molecule has 2 aromatic rings. The number of amides is 2. The molecular formula is C20H19FN2O2. The first-order chi connectivity index (χ1) is 12.0.